The molecule has 0 aliphatic carbocycles. The van der Waals surface area contributed by atoms with Gasteiger partial charge in [0.2, 0.25) is 16.8 Å². The molecule has 2 aromatic carbocycles. The predicted octanol–water partition coefficient (Wildman–Crippen LogP) is 2.91. The van der Waals surface area contributed by atoms with Crippen LogP contribution in [0.1, 0.15) is 20.3 Å². The van der Waals surface area contributed by atoms with Gasteiger partial charge in [0, 0.05) is 17.7 Å². The maximum absolute atomic E-state index is 12.5. The minimum atomic E-state index is -1.63. The fourth-order valence-corrected chi connectivity index (χ4v) is 2.72. The van der Waals surface area contributed by atoms with Crippen LogP contribution in [-0.2, 0) is 4.79 Å². The molecule has 0 spiro atoms. The molecule has 1 atom stereocenters. The molecule has 3 aromatic rings. The van der Waals surface area contributed by atoms with Gasteiger partial charge < -0.3 is 34.7 Å². The zero-order valence-electron chi connectivity index (χ0n) is 15.5. The molecule has 9 nitrogen and oxygen atoms in total. The van der Waals surface area contributed by atoms with Gasteiger partial charge in [-0.3, -0.25) is 4.79 Å². The molecule has 1 aromatic heterocycles. The number of carboxylic acid groups (broad SMARTS) is 1. The Bertz CT molecular complexity index is 1180. The van der Waals surface area contributed by atoms with E-state index in [0.717, 1.165) is 12.1 Å². The zero-order valence-corrected chi connectivity index (χ0v) is 15.5. The number of phenolic OH excluding ortho intramolecular Hbond substituents is 3. The SMILES string of the molecule is CCC(C)(Oc1cc(-c2oc3cc(O)cc(O)c3c(=O)c2O)ccc1O)C(=O)O. The van der Waals surface area contributed by atoms with Gasteiger partial charge in [0.15, 0.2) is 17.3 Å². The molecule has 0 bridgehead atoms. The molecular weight excluding hydrogens is 384 g/mol. The third-order valence-corrected chi connectivity index (χ3v) is 4.62. The van der Waals surface area contributed by atoms with Crippen molar-refractivity contribution in [2.75, 3.05) is 0 Å². The van der Waals surface area contributed by atoms with Crippen LogP contribution in [-0.4, -0.2) is 37.1 Å². The van der Waals surface area contributed by atoms with Gasteiger partial charge in [-0.15, -0.1) is 0 Å². The lowest BCUT2D eigenvalue weighted by Crippen LogP contribution is -2.40. The van der Waals surface area contributed by atoms with E-state index in [2.05, 4.69) is 0 Å². The lowest BCUT2D eigenvalue weighted by atomic mass is 10.0. The number of carboxylic acids is 1. The van der Waals surface area contributed by atoms with Crippen molar-refractivity contribution in [3.05, 3.63) is 40.6 Å². The summed E-state index contributed by atoms with van der Waals surface area (Å²) in [7, 11) is 0. The fraction of sp³-hybridized carbons (Fsp3) is 0.200. The highest BCUT2D eigenvalue weighted by Crippen LogP contribution is 2.39. The van der Waals surface area contributed by atoms with Crippen LogP contribution in [0.15, 0.2) is 39.5 Å². The molecule has 1 unspecified atom stereocenters. The second-order valence-electron chi connectivity index (χ2n) is 6.62. The molecule has 3 rings (SSSR count). The number of fused-ring (bicyclic) bond motifs is 1. The molecule has 0 saturated heterocycles. The molecule has 29 heavy (non-hydrogen) atoms. The molecule has 5 N–H and O–H groups in total. The molecule has 9 heteroatoms. The third kappa shape index (κ3) is 3.38. The van der Waals surface area contributed by atoms with Gasteiger partial charge in [-0.25, -0.2) is 4.79 Å². The van der Waals surface area contributed by atoms with Gasteiger partial charge >= 0.3 is 5.97 Å². The Labute approximate surface area is 163 Å². The second kappa shape index (κ2) is 6.93. The normalized spacial score (nSPS) is 13.2. The number of ether oxygens (including phenoxy) is 1. The smallest absolute Gasteiger partial charge is 0.347 e. The van der Waals surface area contributed by atoms with E-state index in [1.807, 2.05) is 0 Å². The van der Waals surface area contributed by atoms with Crippen molar-refractivity contribution in [3.8, 4) is 40.1 Å². The number of aliphatic carboxylic acids is 1. The van der Waals surface area contributed by atoms with Gasteiger partial charge in [0.1, 0.15) is 22.5 Å². The first kappa shape index (κ1) is 19.9. The van der Waals surface area contributed by atoms with Crippen LogP contribution in [0.5, 0.6) is 28.7 Å². The standard InChI is InChI=1S/C20H18O9/c1-3-20(2,19(26)27)29-13-6-9(4-5-11(13)22)18-17(25)16(24)15-12(23)7-10(21)8-14(15)28-18/h4-8,21-23,25H,3H2,1-2H3,(H,26,27). The minimum Gasteiger partial charge on any atom is -0.508 e. The summed E-state index contributed by atoms with van der Waals surface area (Å²) in [6.07, 6.45) is 0.0981. The monoisotopic (exact) mass is 402 g/mol. The Morgan fingerprint density at radius 2 is 1.79 bits per heavy atom. The highest BCUT2D eigenvalue weighted by molar-refractivity contribution is 5.88. The van der Waals surface area contributed by atoms with Crippen LogP contribution in [0.4, 0.5) is 0 Å². The van der Waals surface area contributed by atoms with Crippen LogP contribution >= 0.6 is 0 Å². The summed E-state index contributed by atoms with van der Waals surface area (Å²) in [5.41, 5.74) is -2.64. The van der Waals surface area contributed by atoms with E-state index < -0.39 is 28.5 Å². The third-order valence-electron chi connectivity index (χ3n) is 4.62. The average Bonchev–Trinajstić information content (AvgIpc) is 2.65. The maximum atomic E-state index is 12.5. The second-order valence-corrected chi connectivity index (χ2v) is 6.62. The number of carbonyl (C=O) groups is 1. The summed E-state index contributed by atoms with van der Waals surface area (Å²) in [5.74, 6) is -3.84. The van der Waals surface area contributed by atoms with Crippen LogP contribution in [0.3, 0.4) is 0 Å². The van der Waals surface area contributed by atoms with Gasteiger partial charge in [-0.1, -0.05) is 6.92 Å². The molecular formula is C20H18O9. The molecule has 0 amide bonds. The van der Waals surface area contributed by atoms with E-state index in [1.54, 1.807) is 6.92 Å². The summed E-state index contributed by atoms with van der Waals surface area (Å²) < 4.78 is 11.0. The molecule has 0 saturated carbocycles. The first-order valence-electron chi connectivity index (χ1n) is 8.55. The first-order chi connectivity index (χ1) is 13.6. The number of rotatable bonds is 5. The van der Waals surface area contributed by atoms with Crippen molar-refractivity contribution in [2.45, 2.75) is 25.9 Å². The number of aromatic hydroxyl groups is 4. The van der Waals surface area contributed by atoms with Crippen molar-refractivity contribution in [1.82, 2.24) is 0 Å². The summed E-state index contributed by atoms with van der Waals surface area (Å²) in [4.78, 5) is 23.9. The van der Waals surface area contributed by atoms with Crippen molar-refractivity contribution in [1.29, 1.82) is 0 Å². The summed E-state index contributed by atoms with van der Waals surface area (Å²) >= 11 is 0. The Morgan fingerprint density at radius 1 is 1.10 bits per heavy atom. The van der Waals surface area contributed by atoms with Gasteiger partial charge in [0.25, 0.3) is 0 Å². The molecule has 0 aliphatic rings. The molecule has 0 radical (unpaired) electrons. The van der Waals surface area contributed by atoms with Crippen LogP contribution in [0.25, 0.3) is 22.3 Å². The lowest BCUT2D eigenvalue weighted by Gasteiger charge is -2.25. The van der Waals surface area contributed by atoms with E-state index in [9.17, 15) is 35.1 Å². The molecule has 152 valence electrons. The fourth-order valence-electron chi connectivity index (χ4n) is 2.72. The van der Waals surface area contributed by atoms with Crippen molar-refractivity contribution in [3.63, 3.8) is 0 Å². The Morgan fingerprint density at radius 3 is 2.41 bits per heavy atom. The average molecular weight is 402 g/mol. The Balaban J connectivity index is 2.20. The molecule has 0 fully saturated rings. The van der Waals surface area contributed by atoms with Crippen molar-refractivity contribution in [2.24, 2.45) is 0 Å². The number of benzene rings is 2. The van der Waals surface area contributed by atoms with Gasteiger partial charge in [-0.2, -0.15) is 0 Å². The van der Waals surface area contributed by atoms with E-state index >= 15 is 0 Å². The molecule has 0 aliphatic heterocycles. The number of hydrogen-bond donors (Lipinski definition) is 5. The van der Waals surface area contributed by atoms with Crippen LogP contribution < -0.4 is 10.2 Å². The van der Waals surface area contributed by atoms with Crippen molar-refractivity contribution >= 4 is 16.9 Å². The Kier molecular flexibility index (Phi) is 4.75. The predicted molar refractivity (Wildman–Crippen MR) is 102 cm³/mol. The Hall–Kier alpha value is -3.88. The van der Waals surface area contributed by atoms with E-state index in [4.69, 9.17) is 9.15 Å². The number of phenols is 3. The largest absolute Gasteiger partial charge is 0.508 e. The van der Waals surface area contributed by atoms with Crippen LogP contribution in [0, 0.1) is 0 Å². The molecule has 1 heterocycles. The topological polar surface area (TPSA) is 158 Å². The summed E-state index contributed by atoms with van der Waals surface area (Å²) in [6, 6.07) is 5.74. The van der Waals surface area contributed by atoms with Crippen molar-refractivity contribution < 1.29 is 39.5 Å². The lowest BCUT2D eigenvalue weighted by molar-refractivity contribution is -0.154. The maximum Gasteiger partial charge on any atom is 0.347 e. The van der Waals surface area contributed by atoms with Crippen LogP contribution in [0.2, 0.25) is 0 Å². The zero-order chi connectivity index (χ0) is 21.5. The minimum absolute atomic E-state index is 0.0981. The number of hydrogen-bond acceptors (Lipinski definition) is 8. The highest BCUT2D eigenvalue weighted by atomic mass is 16.5. The summed E-state index contributed by atoms with van der Waals surface area (Å²) in [6.45, 7) is 2.93. The summed E-state index contributed by atoms with van der Waals surface area (Å²) in [5, 5.41) is 48.9. The highest BCUT2D eigenvalue weighted by Gasteiger charge is 2.34. The van der Waals surface area contributed by atoms with Gasteiger partial charge in [0.05, 0.1) is 0 Å². The van der Waals surface area contributed by atoms with E-state index in [1.165, 1.54) is 25.1 Å². The first-order valence-corrected chi connectivity index (χ1v) is 8.55. The van der Waals surface area contributed by atoms with Gasteiger partial charge in [-0.05, 0) is 31.5 Å². The van der Waals surface area contributed by atoms with E-state index in [-0.39, 0.29) is 46.0 Å². The quantitative estimate of drug-likeness (QED) is 0.432. The van der Waals surface area contributed by atoms with E-state index in [0.29, 0.717) is 0 Å².